The molecule has 0 unspecified atom stereocenters. The van der Waals surface area contributed by atoms with Crippen LogP contribution >= 0.6 is 23.5 Å². The number of thioether (sulfide) groups is 2. The number of fused-ring (bicyclic) bond motifs is 8. The number of rotatable bonds is 0. The van der Waals surface area contributed by atoms with Crippen molar-refractivity contribution in [2.24, 2.45) is 47.3 Å². The molecule has 8 aromatic carbocycles. The van der Waals surface area contributed by atoms with Crippen molar-refractivity contribution >= 4 is 23.5 Å². The minimum Gasteiger partial charge on any atom is -0.493 e. The number of ether oxygens (including phenoxy) is 6. The SMILES string of the molecule is CC(C)C.CC(C)C.CC(C)C.CC(C)C.CC(C)C.CC(C)C.CC(C)C.CC(C)C.c1ccc2c(c1)CCC2.c1ccc2c(c1)CCCC2.c1ccc2c(c1)CCCO2.c1ccc2c(c1)CCCS2.c1ccc2c(c1)CCO2.c1ccc2c(c1)CCS2.c1ccc2c(c1)OCCO2.c1ccc2c(c1)OCO2. The summed E-state index contributed by atoms with van der Waals surface area (Å²) in [6, 6.07) is 66.7. The van der Waals surface area contributed by atoms with Crippen molar-refractivity contribution in [3.05, 3.63) is 239 Å². The molecule has 0 saturated heterocycles. The molecule has 6 aliphatic heterocycles. The Morgan fingerprint density at radius 2 is 0.435 bits per heavy atom. The van der Waals surface area contributed by atoms with E-state index in [1.165, 1.54) is 109 Å². The van der Waals surface area contributed by atoms with Crippen LogP contribution < -0.4 is 28.4 Å². The second-order valence-corrected chi connectivity index (χ2v) is 35.3. The van der Waals surface area contributed by atoms with Crippen LogP contribution in [0.15, 0.2) is 204 Å². The van der Waals surface area contributed by atoms with Gasteiger partial charge >= 0.3 is 0 Å². The number of aryl methyl sites for hydroxylation is 7. The first-order valence-electron chi connectivity index (χ1n) is 41.2. The van der Waals surface area contributed by atoms with Gasteiger partial charge in [-0.2, -0.15) is 0 Å². The van der Waals surface area contributed by atoms with Crippen LogP contribution in [0, 0.1) is 47.3 Å². The Balaban J connectivity index is 0.000000585. The Morgan fingerprint density at radius 3 is 0.778 bits per heavy atom. The van der Waals surface area contributed by atoms with Gasteiger partial charge in [0, 0.05) is 22.0 Å². The van der Waals surface area contributed by atoms with E-state index in [0.717, 1.165) is 108 Å². The van der Waals surface area contributed by atoms with Gasteiger partial charge in [-0.3, -0.25) is 0 Å². The molecule has 0 bridgehead atoms. The van der Waals surface area contributed by atoms with E-state index in [9.17, 15) is 0 Å². The quantitative estimate of drug-likeness (QED) is 0.149. The van der Waals surface area contributed by atoms with Crippen molar-refractivity contribution in [2.75, 3.05) is 44.7 Å². The predicted molar refractivity (Wildman–Crippen MR) is 478 cm³/mol. The second kappa shape index (κ2) is 63.0. The molecule has 8 aliphatic rings. The average molecular weight is 1510 g/mol. The lowest BCUT2D eigenvalue weighted by molar-refractivity contribution is 0.171. The third kappa shape index (κ3) is 54.0. The summed E-state index contributed by atoms with van der Waals surface area (Å²) in [5.41, 5.74) is 12.1. The highest BCUT2D eigenvalue weighted by Gasteiger charge is 2.14. The highest BCUT2D eigenvalue weighted by Crippen LogP contribution is 2.33. The van der Waals surface area contributed by atoms with Gasteiger partial charge in [-0.25, -0.2) is 0 Å². The van der Waals surface area contributed by atoms with Crippen LogP contribution in [0.3, 0.4) is 0 Å². The lowest BCUT2D eigenvalue weighted by Crippen LogP contribution is -2.14. The van der Waals surface area contributed by atoms with Crippen molar-refractivity contribution in [2.45, 2.75) is 259 Å². The largest absolute Gasteiger partial charge is 0.493 e. The second-order valence-electron chi connectivity index (χ2n) is 33.0. The summed E-state index contributed by atoms with van der Waals surface area (Å²) in [6.45, 7) is 55.4. The molecular formula is C100H152O6S2. The van der Waals surface area contributed by atoms with Crippen LogP contribution in [-0.4, -0.2) is 44.7 Å². The maximum Gasteiger partial charge on any atom is 0.231 e. The van der Waals surface area contributed by atoms with E-state index in [1.807, 2.05) is 102 Å². The maximum atomic E-state index is 5.42. The lowest BCUT2D eigenvalue weighted by Gasteiger charge is -2.17. The van der Waals surface area contributed by atoms with Gasteiger partial charge in [-0.15, -0.1) is 23.5 Å². The topological polar surface area (TPSA) is 55.4 Å². The molecule has 0 aromatic heterocycles. The van der Waals surface area contributed by atoms with Gasteiger partial charge in [-0.1, -0.05) is 312 Å². The zero-order valence-electron chi connectivity index (χ0n) is 72.5. The van der Waals surface area contributed by atoms with Crippen LogP contribution in [0.5, 0.6) is 34.5 Å². The Morgan fingerprint density at radius 1 is 0.194 bits per heavy atom. The molecule has 2 aliphatic carbocycles. The first-order valence-corrected chi connectivity index (χ1v) is 43.2. The summed E-state index contributed by atoms with van der Waals surface area (Å²) in [4.78, 5) is 2.98. The molecule has 0 radical (unpaired) electrons. The Labute approximate surface area is 672 Å². The van der Waals surface area contributed by atoms with Crippen LogP contribution in [-0.2, 0) is 51.4 Å². The smallest absolute Gasteiger partial charge is 0.231 e. The van der Waals surface area contributed by atoms with E-state index in [4.69, 9.17) is 28.4 Å². The van der Waals surface area contributed by atoms with Crippen molar-refractivity contribution in [1.82, 2.24) is 0 Å². The molecule has 0 saturated carbocycles. The first kappa shape index (κ1) is 99.3. The Bertz CT molecular complexity index is 2750. The van der Waals surface area contributed by atoms with Gasteiger partial charge in [0.15, 0.2) is 23.0 Å². The van der Waals surface area contributed by atoms with Gasteiger partial charge in [-0.05, 0) is 223 Å². The average Bonchev–Trinajstić information content (AvgIpc) is 1.65. The summed E-state index contributed by atoms with van der Waals surface area (Å²) < 4.78 is 31.5. The Hall–Kier alpha value is -6.74. The van der Waals surface area contributed by atoms with Crippen LogP contribution in [0.4, 0.5) is 0 Å². The standard InChI is InChI=1S/C10H12.C9H10O.C9H10S.C9H10.C8H8O2.C8H8O.C8H8S.C7H6O2.8C4H10/c1-2-6-10-8-4-3-7-9(10)5-1;2*1-2-6-9-8(4-1)5-3-7-10-9;1-2-5-9-7-3-6-8(9)4-1;1-2-4-8-7(3-1)9-5-6-10-8;2*1-2-4-8-7(3-1)5-6-9-8;1-2-4-7-6(3-1)8-5-9-7;8*1-4(2)3/h1-2,5-6H,3-4,7-8H2;2*1-2,4,6H,3,5,7H2;1-2,4-5H,3,6-7H2;1-4H,5-6H2;2*1-4H,5-6H2;1-4H,5H2;8*4H,1-3H3. The van der Waals surface area contributed by atoms with E-state index in [2.05, 4.69) is 281 Å². The highest BCUT2D eigenvalue weighted by molar-refractivity contribution is 7.99. The molecule has 600 valence electrons. The third-order valence-electron chi connectivity index (χ3n) is 13.8. The monoisotopic (exact) mass is 1510 g/mol. The molecule has 0 fully saturated rings. The molecular weight excluding hydrogens is 1360 g/mol. The molecule has 8 heteroatoms. The molecule has 0 spiro atoms. The summed E-state index contributed by atoms with van der Waals surface area (Å²) in [5, 5.41) is 0. The van der Waals surface area contributed by atoms with Crippen LogP contribution in [0.25, 0.3) is 0 Å². The molecule has 108 heavy (non-hydrogen) atoms. The van der Waals surface area contributed by atoms with Gasteiger partial charge < -0.3 is 28.4 Å². The molecule has 16 rings (SSSR count). The number of para-hydroxylation sites is 6. The summed E-state index contributed by atoms with van der Waals surface area (Å²) in [7, 11) is 0. The van der Waals surface area contributed by atoms with E-state index in [-0.39, 0.29) is 0 Å². The zero-order chi connectivity index (χ0) is 80.3. The fourth-order valence-electron chi connectivity index (χ4n) is 9.86. The van der Waals surface area contributed by atoms with E-state index < -0.39 is 0 Å². The summed E-state index contributed by atoms with van der Waals surface area (Å²) in [5.74, 6) is 14.8. The molecule has 0 atom stereocenters. The summed E-state index contributed by atoms with van der Waals surface area (Å²) in [6.07, 6.45) is 16.7. The van der Waals surface area contributed by atoms with E-state index in [0.29, 0.717) is 20.0 Å². The number of hydrogen-bond acceptors (Lipinski definition) is 8. The van der Waals surface area contributed by atoms with Crippen molar-refractivity contribution in [1.29, 1.82) is 0 Å². The minimum absolute atomic E-state index is 0.360. The maximum absolute atomic E-state index is 5.42. The fraction of sp³-hybridized carbons (Fsp3) is 0.520. The lowest BCUT2D eigenvalue weighted by atomic mass is 9.92. The van der Waals surface area contributed by atoms with Crippen molar-refractivity contribution < 1.29 is 28.4 Å². The van der Waals surface area contributed by atoms with Crippen LogP contribution in [0.1, 0.15) is 243 Å². The van der Waals surface area contributed by atoms with Gasteiger partial charge in [0.1, 0.15) is 24.7 Å². The normalized spacial score (nSPS) is 13.5. The van der Waals surface area contributed by atoms with E-state index >= 15 is 0 Å². The predicted octanol–water partition coefficient (Wildman–Crippen LogP) is 29.6. The van der Waals surface area contributed by atoms with Gasteiger partial charge in [0.2, 0.25) is 6.79 Å². The fourth-order valence-corrected chi connectivity index (χ4v) is 12.0. The highest BCUT2D eigenvalue weighted by atomic mass is 32.2. The van der Waals surface area contributed by atoms with Gasteiger partial charge in [0.05, 0.1) is 13.2 Å². The Kier molecular flexibility index (Phi) is 57.9. The summed E-state index contributed by atoms with van der Waals surface area (Å²) >= 11 is 3.96. The number of hydrogen-bond donors (Lipinski definition) is 0. The van der Waals surface area contributed by atoms with E-state index in [1.54, 1.807) is 27.8 Å². The van der Waals surface area contributed by atoms with Crippen LogP contribution in [0.2, 0.25) is 0 Å². The molecule has 6 heterocycles. The zero-order valence-corrected chi connectivity index (χ0v) is 74.1. The molecule has 0 N–H and O–H groups in total. The molecule has 8 aromatic rings. The molecule has 6 nitrogen and oxygen atoms in total. The minimum atomic E-state index is 0.360. The number of benzene rings is 8. The van der Waals surface area contributed by atoms with Gasteiger partial charge in [0.25, 0.3) is 0 Å². The van der Waals surface area contributed by atoms with Crippen molar-refractivity contribution in [3.63, 3.8) is 0 Å². The first-order chi connectivity index (χ1) is 51.6. The molecule has 0 amide bonds. The van der Waals surface area contributed by atoms with Crippen molar-refractivity contribution in [3.8, 4) is 34.5 Å². The third-order valence-corrected chi connectivity index (χ3v) is 16.2.